The van der Waals surface area contributed by atoms with E-state index in [1.54, 1.807) is 0 Å². The van der Waals surface area contributed by atoms with Gasteiger partial charge < -0.3 is 5.11 Å². The summed E-state index contributed by atoms with van der Waals surface area (Å²) in [5.41, 5.74) is 0. The summed E-state index contributed by atoms with van der Waals surface area (Å²) in [7, 11) is 2.06. The summed E-state index contributed by atoms with van der Waals surface area (Å²) in [6, 6.07) is 0. The smallest absolute Gasteiger partial charge is 0.252 e. The molecule has 0 aliphatic carbocycles. The molecule has 0 unspecified atom stereocenters. The molecule has 0 fully saturated rings. The highest BCUT2D eigenvalue weighted by atomic mass is 19.2. The fraction of sp³-hybridized carbons (Fsp3) is 0.308. The molecule has 8 heteroatoms. The predicted octanol–water partition coefficient (Wildman–Crippen LogP) is 2.10. The van der Waals surface area contributed by atoms with Crippen molar-refractivity contribution in [3.63, 3.8) is 0 Å². The van der Waals surface area contributed by atoms with Crippen molar-refractivity contribution in [2.24, 2.45) is 7.05 Å². The Bertz CT molecular complexity index is 549. The number of hydrogen-bond acceptors (Lipinski definition) is 1. The Morgan fingerprint density at radius 1 is 1.00 bits per heavy atom. The summed E-state index contributed by atoms with van der Waals surface area (Å²) in [5, 5.41) is 10.2. The van der Waals surface area contributed by atoms with Crippen LogP contribution in [0.4, 0.5) is 22.0 Å². The molecular weight excluding hydrogens is 295 g/mol. The Kier molecular flexibility index (Phi) is 5.28. The Balaban J connectivity index is 0.000000219. The van der Waals surface area contributed by atoms with E-state index in [4.69, 9.17) is 0 Å². The van der Waals surface area contributed by atoms with Gasteiger partial charge in [-0.1, -0.05) is 0 Å². The number of aryl methyl sites for hydroxylation is 2. The summed E-state index contributed by atoms with van der Waals surface area (Å²) in [6.07, 6.45) is 4.16. The maximum absolute atomic E-state index is 12.1. The zero-order valence-corrected chi connectivity index (χ0v) is 11.6. The molecule has 0 saturated heterocycles. The fourth-order valence-electron chi connectivity index (χ4n) is 1.52. The van der Waals surface area contributed by atoms with Crippen molar-refractivity contribution in [3.8, 4) is 5.75 Å². The first-order valence-corrected chi connectivity index (χ1v) is 5.92. The van der Waals surface area contributed by atoms with E-state index in [2.05, 4.69) is 42.4 Å². The lowest BCUT2D eigenvalue weighted by atomic mass is 10.3. The van der Waals surface area contributed by atoms with Gasteiger partial charge in [-0.05, 0) is 12.7 Å². The van der Waals surface area contributed by atoms with Crippen LogP contribution < -0.4 is 9.67 Å². The highest BCUT2D eigenvalue weighted by Gasteiger charge is 2.20. The van der Waals surface area contributed by atoms with Gasteiger partial charge >= 0.3 is 0 Å². The van der Waals surface area contributed by atoms with E-state index in [1.165, 1.54) is 5.82 Å². The number of halogens is 5. The lowest BCUT2D eigenvalue weighted by molar-refractivity contribution is -0.677. The van der Waals surface area contributed by atoms with E-state index >= 15 is 0 Å². The van der Waals surface area contributed by atoms with Crippen LogP contribution in [0.15, 0.2) is 12.4 Å². The lowest BCUT2D eigenvalue weighted by Crippen LogP contribution is -2.29. The average molecular weight is 308 g/mol. The van der Waals surface area contributed by atoms with Crippen LogP contribution in [0.5, 0.6) is 5.75 Å². The molecular formula is C13H13F5N2O. The molecule has 3 nitrogen and oxygen atoms in total. The van der Waals surface area contributed by atoms with Crippen molar-refractivity contribution in [3.05, 3.63) is 47.3 Å². The van der Waals surface area contributed by atoms with Crippen molar-refractivity contribution in [2.45, 2.75) is 20.4 Å². The average Bonchev–Trinajstić information content (AvgIpc) is 2.81. The number of hydrogen-bond donors (Lipinski definition) is 0. The minimum atomic E-state index is -2.33. The van der Waals surface area contributed by atoms with Crippen molar-refractivity contribution in [2.75, 3.05) is 0 Å². The summed E-state index contributed by atoms with van der Waals surface area (Å²) in [5.74, 6) is -12.3. The number of benzene rings is 1. The van der Waals surface area contributed by atoms with Gasteiger partial charge in [0.15, 0.2) is 29.1 Å². The van der Waals surface area contributed by atoms with Crippen LogP contribution in [0.1, 0.15) is 12.7 Å². The van der Waals surface area contributed by atoms with Crippen LogP contribution in [-0.2, 0) is 13.6 Å². The molecule has 1 heterocycles. The van der Waals surface area contributed by atoms with Gasteiger partial charge in [0, 0.05) is 6.92 Å². The summed E-state index contributed by atoms with van der Waals surface area (Å²) < 4.78 is 64.7. The van der Waals surface area contributed by atoms with Crippen molar-refractivity contribution >= 4 is 0 Å². The van der Waals surface area contributed by atoms with Crippen molar-refractivity contribution < 1.29 is 31.6 Å². The molecule has 0 spiro atoms. The molecule has 21 heavy (non-hydrogen) atoms. The highest BCUT2D eigenvalue weighted by molar-refractivity contribution is 5.26. The second-order valence-electron chi connectivity index (χ2n) is 4.14. The first kappa shape index (κ1) is 16.9. The summed E-state index contributed by atoms with van der Waals surface area (Å²) in [4.78, 5) is 0. The van der Waals surface area contributed by atoms with Crippen molar-refractivity contribution in [1.82, 2.24) is 4.57 Å². The largest absolute Gasteiger partial charge is 0.868 e. The first-order chi connectivity index (χ1) is 9.72. The van der Waals surface area contributed by atoms with E-state index in [1.807, 2.05) is 0 Å². The lowest BCUT2D eigenvalue weighted by Gasteiger charge is -2.09. The molecule has 0 N–H and O–H groups in total. The van der Waals surface area contributed by atoms with Gasteiger partial charge in [0.25, 0.3) is 5.82 Å². The number of rotatable bonds is 1. The second kappa shape index (κ2) is 6.55. The molecule has 0 amide bonds. The van der Waals surface area contributed by atoms with E-state index < -0.39 is 34.8 Å². The highest BCUT2D eigenvalue weighted by Crippen LogP contribution is 2.25. The molecule has 0 radical (unpaired) electrons. The van der Waals surface area contributed by atoms with Crippen LogP contribution in [0, 0.1) is 36.0 Å². The minimum Gasteiger partial charge on any atom is -0.868 e. The minimum absolute atomic E-state index is 1.06. The van der Waals surface area contributed by atoms with Gasteiger partial charge in [-0.2, -0.15) is 0 Å². The zero-order valence-electron chi connectivity index (χ0n) is 11.6. The second-order valence-corrected chi connectivity index (χ2v) is 4.14. The first-order valence-electron chi connectivity index (χ1n) is 5.92. The Morgan fingerprint density at radius 2 is 1.43 bits per heavy atom. The third-order valence-electron chi connectivity index (χ3n) is 2.91. The van der Waals surface area contributed by atoms with Crippen LogP contribution in [0.3, 0.4) is 0 Å². The third kappa shape index (κ3) is 3.32. The van der Waals surface area contributed by atoms with Gasteiger partial charge in [0.05, 0.1) is 13.6 Å². The Labute approximate surface area is 117 Å². The molecule has 0 bridgehead atoms. The van der Waals surface area contributed by atoms with Crippen LogP contribution in [0.25, 0.3) is 0 Å². The molecule has 2 aromatic rings. The number of imidazole rings is 1. The summed E-state index contributed by atoms with van der Waals surface area (Å²) >= 11 is 0. The van der Waals surface area contributed by atoms with Gasteiger partial charge in [-0.3, -0.25) is 0 Å². The Hall–Kier alpha value is -2.12. The topological polar surface area (TPSA) is 31.9 Å². The van der Waals surface area contributed by atoms with Gasteiger partial charge in [-0.15, -0.1) is 0 Å². The van der Waals surface area contributed by atoms with E-state index in [-0.39, 0.29) is 0 Å². The maximum Gasteiger partial charge on any atom is 0.252 e. The molecule has 0 atom stereocenters. The molecule has 0 aliphatic rings. The van der Waals surface area contributed by atoms with Crippen LogP contribution in [-0.4, -0.2) is 4.57 Å². The molecule has 2 rings (SSSR count). The van der Waals surface area contributed by atoms with E-state index in [9.17, 15) is 27.1 Å². The summed E-state index contributed by atoms with van der Waals surface area (Å²) in [6.45, 7) is 5.32. The number of nitrogens with zero attached hydrogens (tertiary/aromatic N) is 2. The van der Waals surface area contributed by atoms with Gasteiger partial charge in [0.1, 0.15) is 12.4 Å². The Morgan fingerprint density at radius 3 is 1.71 bits per heavy atom. The zero-order chi connectivity index (χ0) is 16.3. The number of aromatic nitrogens is 2. The quantitative estimate of drug-likeness (QED) is 0.344. The van der Waals surface area contributed by atoms with Crippen molar-refractivity contribution in [1.29, 1.82) is 0 Å². The maximum atomic E-state index is 12.1. The molecule has 1 aromatic carbocycles. The monoisotopic (exact) mass is 308 g/mol. The third-order valence-corrected chi connectivity index (χ3v) is 2.91. The molecule has 0 saturated carbocycles. The molecule has 1 aromatic heterocycles. The fourth-order valence-corrected chi connectivity index (χ4v) is 1.52. The molecule has 0 aliphatic heterocycles. The predicted molar refractivity (Wildman–Crippen MR) is 61.7 cm³/mol. The van der Waals surface area contributed by atoms with Gasteiger partial charge in [-0.25, -0.2) is 31.1 Å². The molecule has 116 valence electrons. The normalized spacial score (nSPS) is 10.3. The van der Waals surface area contributed by atoms with Crippen LogP contribution >= 0.6 is 0 Å². The van der Waals surface area contributed by atoms with Gasteiger partial charge in [0.2, 0.25) is 0 Å². The van der Waals surface area contributed by atoms with Crippen LogP contribution in [0.2, 0.25) is 0 Å². The van der Waals surface area contributed by atoms with E-state index in [0.717, 1.165) is 6.54 Å². The SMILES string of the molecule is CCn1cc[n+](C)c1C.[O-]c1c(F)c(F)c(F)c(F)c1F. The van der Waals surface area contributed by atoms with E-state index in [0.29, 0.717) is 0 Å². The standard InChI is InChI=1S/C7H13N2.C6HF5O/c1-4-9-6-5-8(3)7(9)2;7-1-2(8)4(10)6(12)5(11)3(1)9/h5-6H,4H2,1-3H3;12H/q+1;/p-1.